The number of nitrogens with one attached hydrogen (secondary N) is 1. The molecule has 0 fully saturated rings. The van der Waals surface area contributed by atoms with Crippen LogP contribution in [-0.2, 0) is 22.4 Å². The molecule has 0 unspecified atom stereocenters. The largest absolute Gasteiger partial charge is 0.494 e. The Labute approximate surface area is 264 Å². The average molecular weight is 594 g/mol. The molecule has 4 heteroatoms. The molecule has 0 aliphatic rings. The summed E-state index contributed by atoms with van der Waals surface area (Å²) in [6.07, 6.45) is 26.5. The first-order chi connectivity index (χ1) is 21.2. The number of anilines is 1. The van der Waals surface area contributed by atoms with E-state index in [0.717, 1.165) is 31.0 Å². The molecule has 0 saturated carbocycles. The monoisotopic (exact) mass is 593 g/mol. The van der Waals surface area contributed by atoms with Crippen molar-refractivity contribution in [3.05, 3.63) is 59.7 Å². The minimum Gasteiger partial charge on any atom is -0.494 e. The van der Waals surface area contributed by atoms with E-state index in [9.17, 15) is 4.79 Å². The summed E-state index contributed by atoms with van der Waals surface area (Å²) in [5, 5.41) is 3.52. The maximum Gasteiger partial charge on any atom is 0.306 e. The minimum atomic E-state index is -0.118. The minimum absolute atomic E-state index is 0.118. The van der Waals surface area contributed by atoms with Gasteiger partial charge in [0, 0.05) is 18.7 Å². The lowest BCUT2D eigenvalue weighted by molar-refractivity contribution is -0.143. The Kier molecular flexibility index (Phi) is 22.2. The molecule has 0 heterocycles. The summed E-state index contributed by atoms with van der Waals surface area (Å²) >= 11 is 0. The summed E-state index contributed by atoms with van der Waals surface area (Å²) < 4.78 is 10.9. The molecule has 0 radical (unpaired) electrons. The van der Waals surface area contributed by atoms with Gasteiger partial charge in [-0.1, -0.05) is 128 Å². The molecule has 4 nitrogen and oxygen atoms in total. The second-order valence-electron chi connectivity index (χ2n) is 12.2. The van der Waals surface area contributed by atoms with Crippen LogP contribution in [0.2, 0.25) is 0 Å². The molecule has 1 N–H and O–H groups in total. The van der Waals surface area contributed by atoms with Crippen molar-refractivity contribution in [1.29, 1.82) is 0 Å². The number of ether oxygens (including phenoxy) is 2. The second-order valence-corrected chi connectivity index (χ2v) is 12.2. The number of esters is 1. The van der Waals surface area contributed by atoms with Crippen molar-refractivity contribution < 1.29 is 14.3 Å². The maximum atomic E-state index is 11.5. The van der Waals surface area contributed by atoms with Gasteiger partial charge in [-0.05, 0) is 74.4 Å². The lowest BCUT2D eigenvalue weighted by atomic mass is 10.0. The lowest BCUT2D eigenvalue weighted by Gasteiger charge is -2.08. The average Bonchev–Trinajstić information content (AvgIpc) is 3.03. The molecule has 0 atom stereocenters. The number of rotatable bonds is 28. The number of carbonyl (C=O) groups is 1. The number of hydrogen-bond donors (Lipinski definition) is 1. The van der Waals surface area contributed by atoms with Gasteiger partial charge in [-0.25, -0.2) is 0 Å². The summed E-state index contributed by atoms with van der Waals surface area (Å²) in [7, 11) is 0. The molecule has 0 aliphatic carbocycles. The topological polar surface area (TPSA) is 47.6 Å². The van der Waals surface area contributed by atoms with E-state index in [2.05, 4.69) is 60.8 Å². The normalized spacial score (nSPS) is 11.0. The van der Waals surface area contributed by atoms with Crippen LogP contribution in [0.15, 0.2) is 48.5 Å². The van der Waals surface area contributed by atoms with Crippen molar-refractivity contribution in [2.45, 2.75) is 149 Å². The van der Waals surface area contributed by atoms with E-state index < -0.39 is 0 Å². The fraction of sp³-hybridized carbons (Fsp3) is 0.667. The van der Waals surface area contributed by atoms with Crippen molar-refractivity contribution in [1.82, 2.24) is 0 Å². The highest BCUT2D eigenvalue weighted by Gasteiger charge is 2.03. The molecule has 0 saturated heterocycles. The predicted octanol–water partition coefficient (Wildman–Crippen LogP) is 11.3. The smallest absolute Gasteiger partial charge is 0.306 e. The van der Waals surface area contributed by atoms with Crippen LogP contribution in [0.4, 0.5) is 5.69 Å². The van der Waals surface area contributed by atoms with Crippen LogP contribution in [-0.4, -0.2) is 25.7 Å². The molecule has 0 aliphatic heterocycles. The second kappa shape index (κ2) is 26.0. The van der Waals surface area contributed by atoms with Crippen molar-refractivity contribution in [2.24, 2.45) is 0 Å². The Bertz CT molecular complexity index is 909. The Morgan fingerprint density at radius 3 is 1.70 bits per heavy atom. The summed E-state index contributed by atoms with van der Waals surface area (Å²) in [5.41, 5.74) is 3.78. The van der Waals surface area contributed by atoms with Gasteiger partial charge < -0.3 is 14.8 Å². The van der Waals surface area contributed by atoms with Gasteiger partial charge in [0.25, 0.3) is 0 Å². The van der Waals surface area contributed by atoms with E-state index in [1.54, 1.807) is 0 Å². The highest BCUT2D eigenvalue weighted by Crippen LogP contribution is 2.17. The standard InChI is InChI=1S/C39H63NO3/c1-3-5-6-7-8-15-18-21-34-43-38-30-25-35(26-31-38)22-19-16-13-11-9-10-12-14-17-20-33-40-37-28-23-36(24-29-37)27-32-39(41)42-4-2/h23-26,28-31,40H,3-22,27,32-34H2,1-2H3. The fourth-order valence-corrected chi connectivity index (χ4v) is 5.55. The molecule has 2 rings (SSSR count). The van der Waals surface area contributed by atoms with E-state index in [0.29, 0.717) is 13.0 Å². The Hall–Kier alpha value is -2.49. The number of unbranched alkanes of at least 4 members (excludes halogenated alkanes) is 16. The number of hydrogen-bond acceptors (Lipinski definition) is 4. The van der Waals surface area contributed by atoms with Crippen molar-refractivity contribution in [3.63, 3.8) is 0 Å². The van der Waals surface area contributed by atoms with Gasteiger partial charge in [0.2, 0.25) is 0 Å². The number of aryl methyl sites for hydroxylation is 2. The van der Waals surface area contributed by atoms with Gasteiger partial charge >= 0.3 is 5.97 Å². The van der Waals surface area contributed by atoms with Crippen LogP contribution in [0, 0.1) is 0 Å². The van der Waals surface area contributed by atoms with Gasteiger partial charge in [-0.15, -0.1) is 0 Å². The van der Waals surface area contributed by atoms with Gasteiger partial charge in [0.1, 0.15) is 5.75 Å². The van der Waals surface area contributed by atoms with Crippen molar-refractivity contribution >= 4 is 11.7 Å². The third kappa shape index (κ3) is 20.2. The van der Waals surface area contributed by atoms with Crippen LogP contribution in [0.3, 0.4) is 0 Å². The van der Waals surface area contributed by atoms with Gasteiger partial charge in [0.05, 0.1) is 13.2 Å². The molecule has 2 aromatic carbocycles. The SMILES string of the molecule is CCCCCCCCCCOc1ccc(CCCCCCCCCCCCNc2ccc(CCC(=O)OCC)cc2)cc1. The van der Waals surface area contributed by atoms with Crippen LogP contribution < -0.4 is 10.1 Å². The Morgan fingerprint density at radius 1 is 0.581 bits per heavy atom. The van der Waals surface area contributed by atoms with E-state index in [1.807, 2.05) is 6.92 Å². The highest BCUT2D eigenvalue weighted by molar-refractivity contribution is 5.69. The Morgan fingerprint density at radius 2 is 1.09 bits per heavy atom. The molecule has 242 valence electrons. The van der Waals surface area contributed by atoms with Gasteiger partial charge in [0.15, 0.2) is 0 Å². The third-order valence-corrected chi connectivity index (χ3v) is 8.29. The molecule has 0 amide bonds. The van der Waals surface area contributed by atoms with E-state index in [1.165, 1.54) is 133 Å². The van der Waals surface area contributed by atoms with Gasteiger partial charge in [-0.3, -0.25) is 4.79 Å². The molecular formula is C39H63NO3. The summed E-state index contributed by atoms with van der Waals surface area (Å²) in [6.45, 7) is 6.45. The zero-order chi connectivity index (χ0) is 30.6. The van der Waals surface area contributed by atoms with Crippen LogP contribution in [0.25, 0.3) is 0 Å². The summed E-state index contributed by atoms with van der Waals surface area (Å²) in [6, 6.07) is 17.3. The quantitative estimate of drug-likeness (QED) is 0.0787. The number of carbonyl (C=O) groups excluding carboxylic acids is 1. The molecule has 0 aromatic heterocycles. The highest BCUT2D eigenvalue weighted by atomic mass is 16.5. The lowest BCUT2D eigenvalue weighted by Crippen LogP contribution is -2.05. The Balaban J connectivity index is 1.34. The zero-order valence-corrected chi connectivity index (χ0v) is 27.8. The predicted molar refractivity (Wildman–Crippen MR) is 184 cm³/mol. The third-order valence-electron chi connectivity index (χ3n) is 8.29. The first-order valence-electron chi connectivity index (χ1n) is 17.9. The molecule has 0 bridgehead atoms. The first kappa shape index (κ1) is 36.7. The van der Waals surface area contributed by atoms with E-state index in [-0.39, 0.29) is 5.97 Å². The maximum absolute atomic E-state index is 11.5. The first-order valence-corrected chi connectivity index (χ1v) is 17.9. The van der Waals surface area contributed by atoms with E-state index in [4.69, 9.17) is 9.47 Å². The summed E-state index contributed by atoms with van der Waals surface area (Å²) in [5.74, 6) is 0.908. The molecular weight excluding hydrogens is 530 g/mol. The fourth-order valence-electron chi connectivity index (χ4n) is 5.55. The zero-order valence-electron chi connectivity index (χ0n) is 27.8. The van der Waals surface area contributed by atoms with Crippen LogP contribution in [0.5, 0.6) is 5.75 Å². The summed E-state index contributed by atoms with van der Waals surface area (Å²) in [4.78, 5) is 11.5. The number of benzene rings is 2. The van der Waals surface area contributed by atoms with Crippen molar-refractivity contribution in [2.75, 3.05) is 25.1 Å². The molecule has 43 heavy (non-hydrogen) atoms. The van der Waals surface area contributed by atoms with Gasteiger partial charge in [-0.2, -0.15) is 0 Å². The van der Waals surface area contributed by atoms with E-state index >= 15 is 0 Å². The molecule has 2 aromatic rings. The molecule has 0 spiro atoms. The van der Waals surface area contributed by atoms with Crippen LogP contribution >= 0.6 is 0 Å². The van der Waals surface area contributed by atoms with Crippen molar-refractivity contribution in [3.8, 4) is 5.75 Å². The van der Waals surface area contributed by atoms with Crippen LogP contribution in [0.1, 0.15) is 147 Å².